The number of hydrogen-bond acceptors (Lipinski definition) is 2. The van der Waals surface area contributed by atoms with Gasteiger partial charge in [0.1, 0.15) is 0 Å². The van der Waals surface area contributed by atoms with Gasteiger partial charge >= 0.3 is 0 Å². The lowest BCUT2D eigenvalue weighted by Crippen LogP contribution is -2.36. The van der Waals surface area contributed by atoms with E-state index in [1.165, 1.54) is 0 Å². The van der Waals surface area contributed by atoms with Crippen LogP contribution in [0.2, 0.25) is 0 Å². The molecule has 24 heavy (non-hydrogen) atoms. The molecular weight excluding hydrogens is 300 g/mol. The van der Waals surface area contributed by atoms with Crippen LogP contribution in [0, 0.1) is 5.92 Å². The highest BCUT2D eigenvalue weighted by Gasteiger charge is 2.32. The third kappa shape index (κ3) is 3.97. The van der Waals surface area contributed by atoms with E-state index in [9.17, 15) is 9.59 Å². The Balaban J connectivity index is 1.69. The number of carbonyl (C=O) groups excluding carboxylic acids is 2. The van der Waals surface area contributed by atoms with Crippen molar-refractivity contribution in [3.63, 3.8) is 0 Å². The minimum atomic E-state index is 0.134. The second kappa shape index (κ2) is 7.37. The number of anilines is 1. The van der Waals surface area contributed by atoms with Crippen molar-refractivity contribution in [3.8, 4) is 0 Å². The van der Waals surface area contributed by atoms with Gasteiger partial charge in [-0.15, -0.1) is 0 Å². The molecule has 0 aromatic heterocycles. The van der Waals surface area contributed by atoms with Crippen LogP contribution in [0.3, 0.4) is 0 Å². The van der Waals surface area contributed by atoms with E-state index in [0.29, 0.717) is 18.4 Å². The lowest BCUT2D eigenvalue weighted by atomic mass is 10.1. The van der Waals surface area contributed by atoms with Crippen molar-refractivity contribution < 1.29 is 9.59 Å². The maximum atomic E-state index is 12.8. The monoisotopic (exact) mass is 328 g/mol. The van der Waals surface area contributed by atoms with Crippen LogP contribution in [0.25, 0.3) is 0 Å². The molecule has 3 rings (SSSR count). The summed E-state index contributed by atoms with van der Waals surface area (Å²) in [6, 6.07) is 8.03. The molecule has 1 aliphatic carbocycles. The van der Waals surface area contributed by atoms with E-state index in [1.807, 2.05) is 34.1 Å². The van der Waals surface area contributed by atoms with Gasteiger partial charge in [0, 0.05) is 36.8 Å². The summed E-state index contributed by atoms with van der Waals surface area (Å²) < 4.78 is 0. The van der Waals surface area contributed by atoms with Gasteiger partial charge in [-0.3, -0.25) is 9.59 Å². The third-order valence-electron chi connectivity index (χ3n) is 4.95. The number of hydrogen-bond donors (Lipinski definition) is 0. The highest BCUT2D eigenvalue weighted by molar-refractivity contribution is 5.97. The molecule has 0 spiro atoms. The van der Waals surface area contributed by atoms with Crippen LogP contribution < -0.4 is 4.90 Å². The highest BCUT2D eigenvalue weighted by atomic mass is 16.2. The predicted octanol–water partition coefficient (Wildman–Crippen LogP) is 3.85. The Kier molecular flexibility index (Phi) is 5.22. The quantitative estimate of drug-likeness (QED) is 0.796. The third-order valence-corrected chi connectivity index (χ3v) is 4.95. The summed E-state index contributed by atoms with van der Waals surface area (Å²) in [6.45, 7) is 6.02. The van der Waals surface area contributed by atoms with E-state index in [1.54, 1.807) is 0 Å². The van der Waals surface area contributed by atoms with Gasteiger partial charge in [0.25, 0.3) is 5.91 Å². The molecule has 0 radical (unpaired) electrons. The first-order valence-corrected chi connectivity index (χ1v) is 9.27. The van der Waals surface area contributed by atoms with Gasteiger partial charge in [-0.1, -0.05) is 13.8 Å². The molecule has 1 heterocycles. The van der Waals surface area contributed by atoms with Gasteiger partial charge in [0.05, 0.1) is 0 Å². The molecule has 2 amide bonds. The Labute approximate surface area is 144 Å². The van der Waals surface area contributed by atoms with Crippen molar-refractivity contribution in [2.24, 2.45) is 5.92 Å². The largest absolute Gasteiger partial charge is 0.336 e. The van der Waals surface area contributed by atoms with Crippen molar-refractivity contribution in [2.75, 3.05) is 18.0 Å². The summed E-state index contributed by atoms with van der Waals surface area (Å²) in [4.78, 5) is 28.7. The average molecular weight is 328 g/mol. The van der Waals surface area contributed by atoms with E-state index >= 15 is 0 Å². The summed E-state index contributed by atoms with van der Waals surface area (Å²) in [5.74, 6) is 0.929. The molecule has 1 aliphatic heterocycles. The Morgan fingerprint density at radius 2 is 1.92 bits per heavy atom. The van der Waals surface area contributed by atoms with Crippen molar-refractivity contribution in [2.45, 2.75) is 58.4 Å². The Hall–Kier alpha value is -1.84. The topological polar surface area (TPSA) is 40.6 Å². The second-order valence-electron chi connectivity index (χ2n) is 7.46. The average Bonchev–Trinajstić information content (AvgIpc) is 3.40. The van der Waals surface area contributed by atoms with E-state index in [2.05, 4.69) is 13.8 Å². The predicted molar refractivity (Wildman–Crippen MR) is 96.2 cm³/mol. The Bertz CT molecular complexity index is 590. The van der Waals surface area contributed by atoms with Crippen molar-refractivity contribution >= 4 is 17.5 Å². The number of carbonyl (C=O) groups is 2. The fourth-order valence-electron chi connectivity index (χ4n) is 3.26. The lowest BCUT2D eigenvalue weighted by molar-refractivity contribution is -0.119. The number of amides is 2. The zero-order valence-electron chi connectivity index (χ0n) is 14.8. The molecule has 130 valence electrons. The molecule has 1 aromatic carbocycles. The SMILES string of the molecule is CC(C)CCN(C(=O)c1ccc(N2CCCCC2=O)cc1)C1CC1. The fraction of sp³-hybridized carbons (Fsp3) is 0.600. The normalized spacial score (nSPS) is 18.1. The van der Waals surface area contributed by atoms with Gasteiger partial charge in [-0.25, -0.2) is 0 Å². The zero-order chi connectivity index (χ0) is 17.1. The summed E-state index contributed by atoms with van der Waals surface area (Å²) in [6.07, 6.45) is 5.97. The highest BCUT2D eigenvalue weighted by Crippen LogP contribution is 2.29. The number of rotatable bonds is 6. The van der Waals surface area contributed by atoms with Crippen LogP contribution in [0.1, 0.15) is 62.7 Å². The second-order valence-corrected chi connectivity index (χ2v) is 7.46. The van der Waals surface area contributed by atoms with E-state index in [0.717, 1.165) is 56.4 Å². The van der Waals surface area contributed by atoms with E-state index < -0.39 is 0 Å². The van der Waals surface area contributed by atoms with Crippen LogP contribution in [-0.2, 0) is 4.79 Å². The van der Waals surface area contributed by atoms with Gasteiger partial charge in [-0.05, 0) is 62.3 Å². The summed E-state index contributed by atoms with van der Waals surface area (Å²) in [5, 5.41) is 0. The maximum Gasteiger partial charge on any atom is 0.254 e. The molecule has 2 aliphatic rings. The summed E-state index contributed by atoms with van der Waals surface area (Å²) in [7, 11) is 0. The zero-order valence-corrected chi connectivity index (χ0v) is 14.8. The van der Waals surface area contributed by atoms with Crippen LogP contribution >= 0.6 is 0 Å². The van der Waals surface area contributed by atoms with Crippen molar-refractivity contribution in [3.05, 3.63) is 29.8 Å². The molecule has 4 nitrogen and oxygen atoms in total. The van der Waals surface area contributed by atoms with E-state index in [-0.39, 0.29) is 11.8 Å². The molecule has 0 atom stereocenters. The van der Waals surface area contributed by atoms with Gasteiger partial charge in [0.15, 0.2) is 0 Å². The first-order valence-electron chi connectivity index (χ1n) is 9.27. The molecule has 4 heteroatoms. The molecule has 0 bridgehead atoms. The van der Waals surface area contributed by atoms with Gasteiger partial charge in [-0.2, -0.15) is 0 Å². The van der Waals surface area contributed by atoms with Gasteiger partial charge in [0.2, 0.25) is 5.91 Å². The number of nitrogens with zero attached hydrogens (tertiary/aromatic N) is 2. The Morgan fingerprint density at radius 3 is 2.50 bits per heavy atom. The molecule has 1 saturated heterocycles. The molecule has 1 saturated carbocycles. The summed E-state index contributed by atoms with van der Waals surface area (Å²) in [5.41, 5.74) is 1.65. The number of benzene rings is 1. The van der Waals surface area contributed by atoms with Crippen LogP contribution in [-0.4, -0.2) is 35.8 Å². The van der Waals surface area contributed by atoms with E-state index in [4.69, 9.17) is 0 Å². The minimum Gasteiger partial charge on any atom is -0.336 e. The minimum absolute atomic E-state index is 0.134. The molecular formula is C20H28N2O2. The molecule has 0 unspecified atom stereocenters. The molecule has 1 aromatic rings. The standard InChI is InChI=1S/C20H28N2O2/c1-15(2)12-14-22(18-10-11-18)20(24)16-6-8-17(9-7-16)21-13-4-3-5-19(21)23/h6-9,15,18H,3-5,10-14H2,1-2H3. The fourth-order valence-corrected chi connectivity index (χ4v) is 3.26. The van der Waals surface area contributed by atoms with Crippen LogP contribution in [0.4, 0.5) is 5.69 Å². The lowest BCUT2D eigenvalue weighted by Gasteiger charge is -2.27. The first-order chi connectivity index (χ1) is 11.6. The summed E-state index contributed by atoms with van der Waals surface area (Å²) >= 11 is 0. The Morgan fingerprint density at radius 1 is 1.21 bits per heavy atom. The maximum absolute atomic E-state index is 12.8. The smallest absolute Gasteiger partial charge is 0.254 e. The number of piperidine rings is 1. The van der Waals surface area contributed by atoms with Gasteiger partial charge < -0.3 is 9.80 Å². The van der Waals surface area contributed by atoms with Crippen molar-refractivity contribution in [1.82, 2.24) is 4.90 Å². The molecule has 0 N–H and O–H groups in total. The van der Waals surface area contributed by atoms with Crippen molar-refractivity contribution in [1.29, 1.82) is 0 Å². The van der Waals surface area contributed by atoms with Crippen LogP contribution in [0.15, 0.2) is 24.3 Å². The first kappa shape index (κ1) is 17.0. The molecule has 2 fully saturated rings. The van der Waals surface area contributed by atoms with Crippen LogP contribution in [0.5, 0.6) is 0 Å².